The van der Waals surface area contributed by atoms with Crippen LogP contribution in [0.5, 0.6) is 0 Å². The quantitative estimate of drug-likeness (QED) is 0.740. The molecule has 0 radical (unpaired) electrons. The molecule has 13 heavy (non-hydrogen) atoms. The predicted octanol–water partition coefficient (Wildman–Crippen LogP) is 1.95. The van der Waals surface area contributed by atoms with Gasteiger partial charge in [0.25, 0.3) is 5.91 Å². The number of carbonyl (C=O) groups excluding carboxylic acids is 1. The van der Waals surface area contributed by atoms with Crippen LogP contribution in [-0.2, 0) is 0 Å². The third kappa shape index (κ3) is 2.01. The highest BCUT2D eigenvalue weighted by Gasteiger charge is 2.12. The van der Waals surface area contributed by atoms with Crippen molar-refractivity contribution in [3.63, 3.8) is 0 Å². The van der Waals surface area contributed by atoms with Gasteiger partial charge in [-0.3, -0.25) is 4.79 Å². The zero-order chi connectivity index (χ0) is 10.0. The van der Waals surface area contributed by atoms with E-state index in [1.54, 1.807) is 13.0 Å². The Balaban J connectivity index is 3.31. The normalized spacial score (nSPS) is 10.1. The predicted molar refractivity (Wildman–Crippen MR) is 51.4 cm³/mol. The van der Waals surface area contributed by atoms with Crippen molar-refractivity contribution in [2.75, 3.05) is 6.26 Å². The maximum absolute atomic E-state index is 13.2. The molecule has 1 amide bonds. The van der Waals surface area contributed by atoms with Gasteiger partial charge in [0, 0.05) is 4.90 Å². The van der Waals surface area contributed by atoms with Gasteiger partial charge in [0.15, 0.2) is 0 Å². The molecule has 0 aliphatic carbocycles. The Morgan fingerprint density at radius 1 is 1.54 bits per heavy atom. The van der Waals surface area contributed by atoms with Gasteiger partial charge in [-0.2, -0.15) is 0 Å². The van der Waals surface area contributed by atoms with Crippen molar-refractivity contribution in [3.8, 4) is 0 Å². The first-order valence-electron chi connectivity index (χ1n) is 3.70. The second kappa shape index (κ2) is 3.79. The van der Waals surface area contributed by atoms with Crippen LogP contribution in [0.1, 0.15) is 15.9 Å². The summed E-state index contributed by atoms with van der Waals surface area (Å²) in [6, 6.07) is 3.06. The number of aryl methyl sites for hydroxylation is 1. The second-order valence-electron chi connectivity index (χ2n) is 2.67. The zero-order valence-corrected chi connectivity index (χ0v) is 8.24. The fraction of sp³-hybridized carbons (Fsp3) is 0.222. The largest absolute Gasteiger partial charge is 0.365 e. The van der Waals surface area contributed by atoms with Crippen LogP contribution in [0.25, 0.3) is 0 Å². The smallest absolute Gasteiger partial charge is 0.251 e. The molecule has 0 saturated heterocycles. The van der Waals surface area contributed by atoms with Crippen LogP contribution < -0.4 is 5.73 Å². The molecule has 0 fully saturated rings. The molecule has 0 atom stereocenters. The van der Waals surface area contributed by atoms with E-state index in [0.29, 0.717) is 5.56 Å². The zero-order valence-electron chi connectivity index (χ0n) is 7.43. The lowest BCUT2D eigenvalue weighted by molar-refractivity contribution is 0.0996. The monoisotopic (exact) mass is 199 g/mol. The van der Waals surface area contributed by atoms with Crippen molar-refractivity contribution in [2.24, 2.45) is 5.73 Å². The Hall–Kier alpha value is -1.03. The van der Waals surface area contributed by atoms with E-state index in [1.807, 2.05) is 6.26 Å². The first kappa shape index (κ1) is 10.1. The van der Waals surface area contributed by atoms with Crippen LogP contribution in [-0.4, -0.2) is 12.2 Å². The Labute approximate surface area is 80.3 Å². The van der Waals surface area contributed by atoms with E-state index in [2.05, 4.69) is 0 Å². The summed E-state index contributed by atoms with van der Waals surface area (Å²) >= 11 is 1.43. The van der Waals surface area contributed by atoms with Gasteiger partial charge in [-0.15, -0.1) is 11.8 Å². The van der Waals surface area contributed by atoms with Crippen molar-refractivity contribution >= 4 is 17.7 Å². The number of hydrogen-bond acceptors (Lipinski definition) is 2. The highest BCUT2D eigenvalue weighted by atomic mass is 32.2. The Bertz CT molecular complexity index is 328. The number of hydrogen-bond donors (Lipinski definition) is 1. The van der Waals surface area contributed by atoms with E-state index < -0.39 is 11.7 Å². The van der Waals surface area contributed by atoms with Crippen molar-refractivity contribution in [3.05, 3.63) is 29.1 Å². The SMILES string of the molecule is CSc1cc(C)c(C(N)=O)c(F)c1. The molecule has 0 aromatic heterocycles. The summed E-state index contributed by atoms with van der Waals surface area (Å²) in [6.45, 7) is 1.67. The Morgan fingerprint density at radius 2 is 2.15 bits per heavy atom. The van der Waals surface area contributed by atoms with Gasteiger partial charge < -0.3 is 5.73 Å². The minimum absolute atomic E-state index is 0.0159. The van der Waals surface area contributed by atoms with Gasteiger partial charge in [-0.1, -0.05) is 0 Å². The van der Waals surface area contributed by atoms with E-state index in [9.17, 15) is 9.18 Å². The molecule has 0 aliphatic rings. The first-order valence-corrected chi connectivity index (χ1v) is 4.92. The van der Waals surface area contributed by atoms with E-state index >= 15 is 0 Å². The van der Waals surface area contributed by atoms with Gasteiger partial charge >= 0.3 is 0 Å². The lowest BCUT2D eigenvalue weighted by atomic mass is 10.1. The molecule has 1 rings (SSSR count). The number of thioether (sulfide) groups is 1. The van der Waals surface area contributed by atoms with Crippen molar-refractivity contribution in [1.82, 2.24) is 0 Å². The van der Waals surface area contributed by atoms with Crippen LogP contribution >= 0.6 is 11.8 Å². The van der Waals surface area contributed by atoms with Gasteiger partial charge in [-0.05, 0) is 30.9 Å². The molecule has 70 valence electrons. The summed E-state index contributed by atoms with van der Waals surface area (Å²) in [6.07, 6.45) is 1.85. The summed E-state index contributed by atoms with van der Waals surface area (Å²) < 4.78 is 13.2. The van der Waals surface area contributed by atoms with E-state index in [0.717, 1.165) is 4.90 Å². The molecular weight excluding hydrogens is 189 g/mol. The Kier molecular flexibility index (Phi) is 2.93. The second-order valence-corrected chi connectivity index (χ2v) is 3.55. The van der Waals surface area contributed by atoms with Crippen LogP contribution in [0.15, 0.2) is 17.0 Å². The number of nitrogens with two attached hydrogens (primary N) is 1. The molecule has 0 spiro atoms. The van der Waals surface area contributed by atoms with Gasteiger partial charge in [0.05, 0.1) is 5.56 Å². The first-order chi connectivity index (χ1) is 6.06. The number of halogens is 1. The average molecular weight is 199 g/mol. The third-order valence-corrected chi connectivity index (χ3v) is 2.45. The minimum atomic E-state index is -0.720. The summed E-state index contributed by atoms with van der Waals surface area (Å²) in [5.41, 5.74) is 5.59. The van der Waals surface area contributed by atoms with Gasteiger partial charge in [-0.25, -0.2) is 4.39 Å². The maximum Gasteiger partial charge on any atom is 0.251 e. The van der Waals surface area contributed by atoms with Crippen molar-refractivity contribution in [2.45, 2.75) is 11.8 Å². The molecular formula is C9H10FNOS. The number of carbonyl (C=O) groups is 1. The van der Waals surface area contributed by atoms with Gasteiger partial charge in [0.2, 0.25) is 0 Å². The fourth-order valence-corrected chi connectivity index (χ4v) is 1.66. The molecule has 0 aliphatic heterocycles. The molecule has 1 aromatic carbocycles. The lowest BCUT2D eigenvalue weighted by Gasteiger charge is -2.05. The average Bonchev–Trinajstić information content (AvgIpc) is 2.02. The van der Waals surface area contributed by atoms with Crippen LogP contribution in [0.4, 0.5) is 4.39 Å². The Morgan fingerprint density at radius 3 is 2.54 bits per heavy atom. The summed E-state index contributed by atoms with van der Waals surface area (Å²) in [5, 5.41) is 0. The summed E-state index contributed by atoms with van der Waals surface area (Å²) in [4.78, 5) is 11.6. The lowest BCUT2D eigenvalue weighted by Crippen LogP contribution is -2.15. The molecule has 2 nitrogen and oxygen atoms in total. The van der Waals surface area contributed by atoms with Crippen LogP contribution in [0, 0.1) is 12.7 Å². The van der Waals surface area contributed by atoms with Crippen LogP contribution in [0.2, 0.25) is 0 Å². The minimum Gasteiger partial charge on any atom is -0.365 e. The number of rotatable bonds is 2. The summed E-state index contributed by atoms with van der Waals surface area (Å²) in [7, 11) is 0. The van der Waals surface area contributed by atoms with E-state index in [-0.39, 0.29) is 5.56 Å². The molecule has 0 saturated carbocycles. The van der Waals surface area contributed by atoms with Crippen LogP contribution in [0.3, 0.4) is 0 Å². The molecule has 0 unspecified atom stereocenters. The molecule has 4 heteroatoms. The van der Waals surface area contributed by atoms with Crippen molar-refractivity contribution < 1.29 is 9.18 Å². The van der Waals surface area contributed by atoms with Gasteiger partial charge in [0.1, 0.15) is 5.82 Å². The van der Waals surface area contributed by atoms with E-state index in [1.165, 1.54) is 17.8 Å². The van der Waals surface area contributed by atoms with E-state index in [4.69, 9.17) is 5.73 Å². The number of amides is 1. The number of primary amides is 1. The topological polar surface area (TPSA) is 43.1 Å². The molecule has 2 N–H and O–H groups in total. The fourth-order valence-electron chi connectivity index (χ4n) is 1.14. The van der Waals surface area contributed by atoms with Crippen molar-refractivity contribution in [1.29, 1.82) is 0 Å². The molecule has 1 aromatic rings. The molecule has 0 heterocycles. The number of benzene rings is 1. The highest BCUT2D eigenvalue weighted by Crippen LogP contribution is 2.21. The standard InChI is InChI=1S/C9H10FNOS/c1-5-3-6(13-2)4-7(10)8(5)9(11)12/h3-4H,1-2H3,(H2,11,12). The molecule has 0 bridgehead atoms. The summed E-state index contributed by atoms with van der Waals surface area (Å²) in [5.74, 6) is -1.26. The highest BCUT2D eigenvalue weighted by molar-refractivity contribution is 7.98. The third-order valence-electron chi connectivity index (χ3n) is 1.74. The maximum atomic E-state index is 13.2.